The van der Waals surface area contributed by atoms with Crippen molar-refractivity contribution < 1.29 is 14.1 Å². The average Bonchev–Trinajstić information content (AvgIpc) is 3.40. The number of halogens is 1. The number of nitrogens with zero attached hydrogens (tertiary/aromatic N) is 4. The molecule has 8 nitrogen and oxygen atoms in total. The van der Waals surface area contributed by atoms with Gasteiger partial charge in [-0.3, -0.25) is 4.79 Å². The van der Waals surface area contributed by atoms with E-state index in [1.807, 2.05) is 31.2 Å². The van der Waals surface area contributed by atoms with E-state index in [2.05, 4.69) is 21.7 Å². The van der Waals surface area contributed by atoms with Gasteiger partial charge >= 0.3 is 0 Å². The van der Waals surface area contributed by atoms with Gasteiger partial charge in [-0.2, -0.15) is 10.2 Å². The molecule has 9 heteroatoms. The van der Waals surface area contributed by atoms with Crippen LogP contribution in [0.5, 0.6) is 5.75 Å². The quantitative estimate of drug-likeness (QED) is 0.529. The van der Waals surface area contributed by atoms with Crippen LogP contribution < -0.4 is 10.1 Å². The molecule has 4 rings (SSSR count). The Morgan fingerprint density at radius 1 is 1.36 bits per heavy atom. The number of rotatable bonds is 7. The van der Waals surface area contributed by atoms with Gasteiger partial charge in [-0.25, -0.2) is 0 Å². The van der Waals surface area contributed by atoms with Crippen LogP contribution in [0, 0.1) is 11.5 Å². The molecule has 0 aliphatic carbocycles. The fraction of sp³-hybridized carbons (Fsp3) is 0.333. The van der Waals surface area contributed by atoms with Crippen LogP contribution in [0.25, 0.3) is 11.5 Å². The fourth-order valence-corrected chi connectivity index (χ4v) is 4.01. The SMILES string of the molecule is CC(Oc1ccc(-c2nc(Cc3cccc(Cl)c3)no2)cc1)C(=O)N[C@@H]1C[C@@H](C)N(C#N)C1. The zero-order valence-electron chi connectivity index (χ0n) is 18.4. The Morgan fingerprint density at radius 3 is 2.85 bits per heavy atom. The summed E-state index contributed by atoms with van der Waals surface area (Å²) in [4.78, 5) is 18.6. The molecule has 1 N–H and O–H groups in total. The van der Waals surface area contributed by atoms with E-state index in [0.717, 1.165) is 17.5 Å². The number of hydrogen-bond acceptors (Lipinski definition) is 7. The van der Waals surface area contributed by atoms with Gasteiger partial charge in [-0.1, -0.05) is 28.9 Å². The molecule has 0 spiro atoms. The lowest BCUT2D eigenvalue weighted by Crippen LogP contribution is -2.43. The van der Waals surface area contributed by atoms with E-state index in [0.29, 0.717) is 35.5 Å². The predicted octanol–water partition coefficient (Wildman–Crippen LogP) is 3.81. The lowest BCUT2D eigenvalue weighted by Gasteiger charge is -2.18. The number of amides is 1. The molecular weight excluding hydrogens is 442 g/mol. The van der Waals surface area contributed by atoms with Crippen LogP contribution in [0.2, 0.25) is 5.02 Å². The lowest BCUT2D eigenvalue weighted by molar-refractivity contribution is -0.127. The molecule has 1 fully saturated rings. The lowest BCUT2D eigenvalue weighted by atomic mass is 10.1. The minimum atomic E-state index is -0.671. The maximum atomic E-state index is 12.5. The van der Waals surface area contributed by atoms with Crippen LogP contribution in [0.3, 0.4) is 0 Å². The smallest absolute Gasteiger partial charge is 0.261 e. The van der Waals surface area contributed by atoms with Gasteiger partial charge in [-0.15, -0.1) is 0 Å². The van der Waals surface area contributed by atoms with Gasteiger partial charge in [0.1, 0.15) is 5.75 Å². The summed E-state index contributed by atoms with van der Waals surface area (Å²) in [5.41, 5.74) is 1.75. The molecule has 0 saturated carbocycles. The first kappa shape index (κ1) is 22.6. The maximum absolute atomic E-state index is 12.5. The van der Waals surface area contributed by atoms with Crippen LogP contribution >= 0.6 is 11.6 Å². The second kappa shape index (κ2) is 9.92. The van der Waals surface area contributed by atoms with Gasteiger partial charge < -0.3 is 19.5 Å². The van der Waals surface area contributed by atoms with Crippen molar-refractivity contribution in [3.63, 3.8) is 0 Å². The first-order valence-electron chi connectivity index (χ1n) is 10.7. The van der Waals surface area contributed by atoms with Gasteiger partial charge in [0.2, 0.25) is 0 Å². The molecule has 33 heavy (non-hydrogen) atoms. The standard InChI is InChI=1S/C24H24ClN5O3/c1-15-10-20(13-30(15)14-26)27-23(31)16(2)32-21-8-6-18(7-9-21)24-28-22(29-33-24)12-17-4-3-5-19(25)11-17/h3-9,11,15-16,20H,10,12-13H2,1-2H3,(H,27,31)/t15-,16?,20-/m1/s1. The molecule has 2 aromatic carbocycles. The number of nitrogens with one attached hydrogen (secondary N) is 1. The van der Waals surface area contributed by atoms with E-state index in [1.54, 1.807) is 36.1 Å². The van der Waals surface area contributed by atoms with Gasteiger partial charge in [0.25, 0.3) is 11.8 Å². The molecular formula is C24H24ClN5O3. The summed E-state index contributed by atoms with van der Waals surface area (Å²) < 4.78 is 11.2. The van der Waals surface area contributed by atoms with Crippen molar-refractivity contribution in [1.82, 2.24) is 20.4 Å². The predicted molar refractivity (Wildman–Crippen MR) is 122 cm³/mol. The third-order valence-electron chi connectivity index (χ3n) is 5.55. The third-order valence-corrected chi connectivity index (χ3v) is 5.79. The van der Waals surface area contributed by atoms with E-state index in [4.69, 9.17) is 26.1 Å². The van der Waals surface area contributed by atoms with Crippen molar-refractivity contribution >= 4 is 17.5 Å². The molecule has 0 bridgehead atoms. The molecule has 170 valence electrons. The Kier molecular flexibility index (Phi) is 6.80. The molecule has 1 saturated heterocycles. The van der Waals surface area contributed by atoms with E-state index in [1.165, 1.54) is 0 Å². The monoisotopic (exact) mass is 465 g/mol. The van der Waals surface area contributed by atoms with Crippen molar-refractivity contribution in [3.8, 4) is 23.4 Å². The Balaban J connectivity index is 1.32. The Bertz CT molecular complexity index is 1160. The molecule has 1 amide bonds. The topological polar surface area (TPSA) is 104 Å². The summed E-state index contributed by atoms with van der Waals surface area (Å²) in [5.74, 6) is 1.31. The highest BCUT2D eigenvalue weighted by molar-refractivity contribution is 6.30. The zero-order valence-corrected chi connectivity index (χ0v) is 19.1. The number of ether oxygens (including phenoxy) is 1. The van der Waals surface area contributed by atoms with Crippen molar-refractivity contribution in [3.05, 3.63) is 64.9 Å². The highest BCUT2D eigenvalue weighted by Gasteiger charge is 2.30. The van der Waals surface area contributed by atoms with E-state index in [9.17, 15) is 4.79 Å². The molecule has 1 unspecified atom stereocenters. The van der Waals surface area contributed by atoms with Crippen molar-refractivity contribution in [1.29, 1.82) is 5.26 Å². The summed E-state index contributed by atoms with van der Waals surface area (Å²) in [6.45, 7) is 4.19. The van der Waals surface area contributed by atoms with Crippen molar-refractivity contribution in [2.45, 2.75) is 44.9 Å². The summed E-state index contributed by atoms with van der Waals surface area (Å²) in [7, 11) is 0. The van der Waals surface area contributed by atoms with E-state index >= 15 is 0 Å². The second-order valence-electron chi connectivity index (χ2n) is 8.15. The first-order chi connectivity index (χ1) is 15.9. The van der Waals surface area contributed by atoms with Crippen LogP contribution in [0.1, 0.15) is 31.7 Å². The van der Waals surface area contributed by atoms with Crippen LogP contribution in [0.15, 0.2) is 53.1 Å². The number of aromatic nitrogens is 2. The molecule has 2 heterocycles. The van der Waals surface area contributed by atoms with Crippen molar-refractivity contribution in [2.75, 3.05) is 6.54 Å². The second-order valence-corrected chi connectivity index (χ2v) is 8.59. The summed E-state index contributed by atoms with van der Waals surface area (Å²) in [5, 5.41) is 16.8. The van der Waals surface area contributed by atoms with Gasteiger partial charge in [0.15, 0.2) is 18.1 Å². The van der Waals surface area contributed by atoms with Crippen LogP contribution in [0.4, 0.5) is 0 Å². The van der Waals surface area contributed by atoms with Gasteiger partial charge in [0.05, 0.1) is 0 Å². The van der Waals surface area contributed by atoms with E-state index < -0.39 is 6.10 Å². The number of nitriles is 1. The van der Waals surface area contributed by atoms with Gasteiger partial charge in [0, 0.05) is 35.6 Å². The van der Waals surface area contributed by atoms with Crippen LogP contribution in [-0.4, -0.2) is 45.7 Å². The molecule has 1 aliphatic heterocycles. The number of carbonyl (C=O) groups excluding carboxylic acids is 1. The number of carbonyl (C=O) groups is 1. The maximum Gasteiger partial charge on any atom is 0.261 e. The van der Waals surface area contributed by atoms with Crippen LogP contribution in [-0.2, 0) is 11.2 Å². The number of hydrogen-bond donors (Lipinski definition) is 1. The summed E-state index contributed by atoms with van der Waals surface area (Å²) >= 11 is 6.03. The van der Waals surface area contributed by atoms with E-state index in [-0.39, 0.29) is 18.0 Å². The first-order valence-corrected chi connectivity index (χ1v) is 11.1. The highest BCUT2D eigenvalue weighted by Crippen LogP contribution is 2.23. The zero-order chi connectivity index (χ0) is 23.4. The largest absolute Gasteiger partial charge is 0.481 e. The Morgan fingerprint density at radius 2 is 2.15 bits per heavy atom. The average molecular weight is 466 g/mol. The molecule has 1 aliphatic rings. The molecule has 3 aromatic rings. The Labute approximate surface area is 197 Å². The van der Waals surface area contributed by atoms with Crippen molar-refractivity contribution in [2.24, 2.45) is 0 Å². The summed E-state index contributed by atoms with van der Waals surface area (Å²) in [6, 6.07) is 14.7. The molecule has 0 radical (unpaired) electrons. The highest BCUT2D eigenvalue weighted by atomic mass is 35.5. The summed E-state index contributed by atoms with van der Waals surface area (Å²) in [6.07, 6.45) is 2.74. The molecule has 3 atom stereocenters. The Hall–Kier alpha value is -3.57. The number of likely N-dealkylation sites (tertiary alicyclic amines) is 1. The molecule has 1 aromatic heterocycles. The third kappa shape index (κ3) is 5.62. The fourth-order valence-electron chi connectivity index (χ4n) is 3.80. The number of benzene rings is 2. The minimum absolute atomic E-state index is 0.0563. The van der Waals surface area contributed by atoms with Gasteiger partial charge in [-0.05, 0) is 62.2 Å². The minimum Gasteiger partial charge on any atom is -0.481 e. The normalized spacial score (nSPS) is 18.5.